The first-order valence-corrected chi connectivity index (χ1v) is 16.6. The third-order valence-electron chi connectivity index (χ3n) is 10.8. The van der Waals surface area contributed by atoms with Crippen LogP contribution in [0.4, 0.5) is 0 Å². The van der Waals surface area contributed by atoms with Crippen LogP contribution in [0.25, 0.3) is 0 Å². The standard InChI is InChI=1S/C36H56O3/c1-4-6-7-8-27-9-15-33(16-10-27)35-22-21-34(23-29(35)5-2)32-19-17-31(18-20-32)30-13-11-28(12-14-30)25-39-36(38)26(3)24-37/h21-23,27-28,30-33,37H,3-20,24-25H2,1-2H3. The molecule has 0 unspecified atom stereocenters. The summed E-state index contributed by atoms with van der Waals surface area (Å²) in [4.78, 5) is 11.8. The Morgan fingerprint density at radius 3 is 2.08 bits per heavy atom. The maximum Gasteiger partial charge on any atom is 0.335 e. The number of hydrogen-bond acceptors (Lipinski definition) is 3. The van der Waals surface area contributed by atoms with Gasteiger partial charge in [-0.1, -0.05) is 64.3 Å². The minimum atomic E-state index is -0.442. The first kappa shape index (κ1) is 30.4. The Kier molecular flexibility index (Phi) is 12.0. The van der Waals surface area contributed by atoms with Gasteiger partial charge >= 0.3 is 5.97 Å². The summed E-state index contributed by atoms with van der Waals surface area (Å²) in [6, 6.07) is 7.64. The quantitative estimate of drug-likeness (QED) is 0.164. The Labute approximate surface area is 239 Å². The van der Waals surface area contributed by atoms with Crippen LogP contribution in [0, 0.1) is 23.7 Å². The van der Waals surface area contributed by atoms with E-state index in [0.29, 0.717) is 12.5 Å². The van der Waals surface area contributed by atoms with E-state index in [4.69, 9.17) is 9.84 Å². The van der Waals surface area contributed by atoms with Crippen LogP contribution in [-0.4, -0.2) is 24.3 Å². The zero-order valence-corrected chi connectivity index (χ0v) is 25.1. The number of aliphatic hydroxyl groups is 1. The number of esters is 1. The van der Waals surface area contributed by atoms with Crippen molar-refractivity contribution < 1.29 is 14.6 Å². The number of benzene rings is 1. The molecule has 1 N–H and O–H groups in total. The van der Waals surface area contributed by atoms with E-state index in [0.717, 1.165) is 42.4 Å². The second-order valence-electron chi connectivity index (χ2n) is 13.3. The first-order valence-electron chi connectivity index (χ1n) is 16.6. The molecule has 3 saturated carbocycles. The third kappa shape index (κ3) is 8.44. The molecule has 0 aliphatic heterocycles. The highest BCUT2D eigenvalue weighted by molar-refractivity contribution is 5.87. The van der Waals surface area contributed by atoms with E-state index >= 15 is 0 Å². The monoisotopic (exact) mass is 536 g/mol. The Bertz CT molecular complexity index is 896. The van der Waals surface area contributed by atoms with Gasteiger partial charge in [0.1, 0.15) is 0 Å². The number of rotatable bonds is 12. The molecule has 3 aliphatic rings. The Hall–Kier alpha value is -1.61. The highest BCUT2D eigenvalue weighted by Gasteiger charge is 2.32. The lowest BCUT2D eigenvalue weighted by Gasteiger charge is -2.38. The third-order valence-corrected chi connectivity index (χ3v) is 10.8. The lowest BCUT2D eigenvalue weighted by Crippen LogP contribution is -2.27. The molecule has 3 nitrogen and oxygen atoms in total. The van der Waals surface area contributed by atoms with Crippen molar-refractivity contribution in [1.29, 1.82) is 0 Å². The molecular formula is C36H56O3. The molecule has 3 heteroatoms. The molecule has 0 aromatic heterocycles. The average molecular weight is 537 g/mol. The lowest BCUT2D eigenvalue weighted by molar-refractivity contribution is -0.141. The summed E-state index contributed by atoms with van der Waals surface area (Å²) in [6.07, 6.45) is 22.8. The molecular weight excluding hydrogens is 480 g/mol. The van der Waals surface area contributed by atoms with Crippen LogP contribution in [0.3, 0.4) is 0 Å². The van der Waals surface area contributed by atoms with Crippen LogP contribution in [0.15, 0.2) is 30.4 Å². The molecule has 3 aliphatic carbocycles. The van der Waals surface area contributed by atoms with Gasteiger partial charge in [-0.2, -0.15) is 0 Å². The van der Waals surface area contributed by atoms with Crippen molar-refractivity contribution in [3.63, 3.8) is 0 Å². The SMILES string of the molecule is C=C(CO)C(=O)OCC1CCC(C2CCC(c3ccc(C4CCC(CCCCC)CC4)c(CC)c3)CC2)CC1. The predicted molar refractivity (Wildman–Crippen MR) is 162 cm³/mol. The van der Waals surface area contributed by atoms with E-state index in [2.05, 4.69) is 38.6 Å². The summed E-state index contributed by atoms with van der Waals surface area (Å²) in [5, 5.41) is 9.04. The van der Waals surface area contributed by atoms with Crippen LogP contribution in [0.2, 0.25) is 0 Å². The molecule has 218 valence electrons. The van der Waals surface area contributed by atoms with Gasteiger partial charge < -0.3 is 9.84 Å². The molecule has 39 heavy (non-hydrogen) atoms. The van der Waals surface area contributed by atoms with Crippen molar-refractivity contribution in [2.45, 2.75) is 135 Å². The largest absolute Gasteiger partial charge is 0.462 e. The van der Waals surface area contributed by atoms with Gasteiger partial charge in [-0.25, -0.2) is 4.79 Å². The van der Waals surface area contributed by atoms with Crippen LogP contribution in [0.5, 0.6) is 0 Å². The normalized spacial score (nSPS) is 29.6. The van der Waals surface area contributed by atoms with Gasteiger partial charge in [0.15, 0.2) is 0 Å². The molecule has 3 fully saturated rings. The highest BCUT2D eigenvalue weighted by Crippen LogP contribution is 2.45. The Balaban J connectivity index is 1.21. The second-order valence-corrected chi connectivity index (χ2v) is 13.3. The van der Waals surface area contributed by atoms with Crippen molar-refractivity contribution >= 4 is 5.97 Å². The number of ether oxygens (including phenoxy) is 1. The second kappa shape index (κ2) is 15.4. The van der Waals surface area contributed by atoms with Crippen molar-refractivity contribution in [2.75, 3.05) is 13.2 Å². The lowest BCUT2D eigenvalue weighted by atomic mass is 9.68. The zero-order valence-electron chi connectivity index (χ0n) is 25.1. The van der Waals surface area contributed by atoms with Crippen LogP contribution < -0.4 is 0 Å². The van der Waals surface area contributed by atoms with Crippen LogP contribution in [-0.2, 0) is 16.0 Å². The van der Waals surface area contributed by atoms with Gasteiger partial charge in [0.2, 0.25) is 0 Å². The van der Waals surface area contributed by atoms with Crippen molar-refractivity contribution in [1.82, 2.24) is 0 Å². The molecule has 0 radical (unpaired) electrons. The zero-order chi connectivity index (χ0) is 27.6. The molecule has 4 rings (SSSR count). The molecule has 0 atom stereocenters. The molecule has 0 amide bonds. The van der Waals surface area contributed by atoms with Gasteiger partial charge in [0, 0.05) is 0 Å². The fourth-order valence-electron chi connectivity index (χ4n) is 8.14. The number of unbranched alkanes of at least 4 members (excludes halogenated alkanes) is 2. The summed E-state index contributed by atoms with van der Waals surface area (Å²) in [5.41, 5.74) is 5.06. The van der Waals surface area contributed by atoms with Crippen LogP contribution >= 0.6 is 0 Å². The van der Waals surface area contributed by atoms with Gasteiger partial charge in [0.05, 0.1) is 18.8 Å². The fourth-order valence-corrected chi connectivity index (χ4v) is 8.14. The number of hydrogen-bond donors (Lipinski definition) is 1. The smallest absolute Gasteiger partial charge is 0.335 e. The summed E-state index contributed by atoms with van der Waals surface area (Å²) in [7, 11) is 0. The van der Waals surface area contributed by atoms with Gasteiger partial charge in [0.25, 0.3) is 0 Å². The predicted octanol–water partition coefficient (Wildman–Crippen LogP) is 9.28. The topological polar surface area (TPSA) is 46.5 Å². The minimum absolute atomic E-state index is 0.154. The summed E-state index contributed by atoms with van der Waals surface area (Å²) in [5.74, 6) is 4.26. The van der Waals surface area contributed by atoms with Crippen molar-refractivity contribution in [2.24, 2.45) is 23.7 Å². The summed E-state index contributed by atoms with van der Waals surface area (Å²) in [6.45, 7) is 8.39. The number of aliphatic hydroxyl groups excluding tert-OH is 1. The molecule has 0 heterocycles. The maximum absolute atomic E-state index is 11.8. The average Bonchev–Trinajstić information content (AvgIpc) is 3.00. The van der Waals surface area contributed by atoms with Crippen molar-refractivity contribution in [3.05, 3.63) is 47.0 Å². The maximum atomic E-state index is 11.8. The fraction of sp³-hybridized carbons (Fsp3) is 0.750. The van der Waals surface area contributed by atoms with E-state index in [1.165, 1.54) is 96.3 Å². The van der Waals surface area contributed by atoms with Crippen LogP contribution in [0.1, 0.15) is 145 Å². The highest BCUT2D eigenvalue weighted by atomic mass is 16.5. The Morgan fingerprint density at radius 2 is 1.46 bits per heavy atom. The van der Waals surface area contributed by atoms with E-state index in [1.54, 1.807) is 16.7 Å². The summed E-state index contributed by atoms with van der Waals surface area (Å²) >= 11 is 0. The minimum Gasteiger partial charge on any atom is -0.462 e. The van der Waals surface area contributed by atoms with E-state index in [9.17, 15) is 4.79 Å². The molecule has 0 spiro atoms. The summed E-state index contributed by atoms with van der Waals surface area (Å²) < 4.78 is 5.37. The first-order chi connectivity index (χ1) is 19.0. The van der Waals surface area contributed by atoms with Gasteiger partial charge in [-0.15, -0.1) is 0 Å². The van der Waals surface area contributed by atoms with Gasteiger partial charge in [-0.05, 0) is 136 Å². The number of aryl methyl sites for hydroxylation is 1. The van der Waals surface area contributed by atoms with Crippen molar-refractivity contribution in [3.8, 4) is 0 Å². The molecule has 1 aromatic carbocycles. The van der Waals surface area contributed by atoms with E-state index < -0.39 is 5.97 Å². The van der Waals surface area contributed by atoms with E-state index in [-0.39, 0.29) is 12.2 Å². The number of carbonyl (C=O) groups is 1. The Morgan fingerprint density at radius 1 is 0.846 bits per heavy atom. The van der Waals surface area contributed by atoms with E-state index in [1.807, 2.05) is 0 Å². The molecule has 0 bridgehead atoms. The molecule has 0 saturated heterocycles. The number of carbonyl (C=O) groups excluding carboxylic acids is 1. The molecule has 1 aromatic rings. The van der Waals surface area contributed by atoms with Gasteiger partial charge in [-0.3, -0.25) is 0 Å².